The molecule has 3 aromatic rings. The summed E-state index contributed by atoms with van der Waals surface area (Å²) in [5.74, 6) is -0.189. The number of amides is 1. The van der Waals surface area contributed by atoms with Crippen LogP contribution in [0.4, 0.5) is 9.52 Å². The first-order valence-electron chi connectivity index (χ1n) is 12.3. The van der Waals surface area contributed by atoms with Gasteiger partial charge in [-0.25, -0.2) is 9.37 Å². The highest BCUT2D eigenvalue weighted by molar-refractivity contribution is 7.22. The summed E-state index contributed by atoms with van der Waals surface area (Å²) in [4.78, 5) is 34.2. The molecular formula is C28H27FN2O5S. The number of anilines is 1. The number of hydrogen-bond acceptors (Lipinski definition) is 7. The van der Waals surface area contributed by atoms with Gasteiger partial charge in [0.2, 0.25) is 0 Å². The van der Waals surface area contributed by atoms with Gasteiger partial charge in [0, 0.05) is 0 Å². The van der Waals surface area contributed by atoms with Gasteiger partial charge in [0.05, 0.1) is 42.0 Å². The minimum Gasteiger partial charge on any atom is -0.493 e. The van der Waals surface area contributed by atoms with Crippen molar-refractivity contribution in [1.29, 1.82) is 0 Å². The summed E-state index contributed by atoms with van der Waals surface area (Å²) in [6.07, 6.45) is -0.716. The molecule has 1 fully saturated rings. The SMILES string of the molecule is COc1ccc(C2C3=C(OC4CCC(F)CC4C3=O)C(=O)N2c2nc3c(C)cc(C)cc3s2)cc1OC. The van der Waals surface area contributed by atoms with Crippen molar-refractivity contribution in [3.8, 4) is 11.5 Å². The Labute approximate surface area is 217 Å². The van der Waals surface area contributed by atoms with E-state index >= 15 is 0 Å². The summed E-state index contributed by atoms with van der Waals surface area (Å²) in [7, 11) is 3.08. The molecule has 3 aliphatic rings. The molecule has 0 radical (unpaired) electrons. The number of methoxy groups -OCH3 is 2. The minimum atomic E-state index is -1.06. The number of alkyl halides is 1. The lowest BCUT2D eigenvalue weighted by Gasteiger charge is -2.36. The molecule has 1 amide bonds. The zero-order valence-electron chi connectivity index (χ0n) is 21.0. The molecule has 7 nitrogen and oxygen atoms in total. The number of halogens is 1. The Morgan fingerprint density at radius 3 is 2.62 bits per heavy atom. The number of ether oxygens (including phenoxy) is 3. The molecule has 4 unspecified atom stereocenters. The van der Waals surface area contributed by atoms with Crippen LogP contribution in [0.15, 0.2) is 41.7 Å². The Kier molecular flexibility index (Phi) is 5.71. The van der Waals surface area contributed by atoms with E-state index < -0.39 is 30.1 Å². The second kappa shape index (κ2) is 8.83. The monoisotopic (exact) mass is 522 g/mol. The van der Waals surface area contributed by atoms with E-state index in [0.717, 1.165) is 21.3 Å². The average Bonchev–Trinajstić information content (AvgIpc) is 3.43. The van der Waals surface area contributed by atoms with E-state index in [4.69, 9.17) is 19.2 Å². The number of nitrogens with zero attached hydrogens (tertiary/aromatic N) is 2. The summed E-state index contributed by atoms with van der Waals surface area (Å²) in [5, 5.41) is 0.477. The standard InChI is InChI=1S/C28H27FN2O5S/c1-13-9-14(2)23-21(10-13)37-28(30-23)31-24(15-5-7-19(34-3)20(11-15)35-4)22-25(32)17-12-16(29)6-8-18(17)36-26(22)27(31)33/h5,7,9-11,16-18,24H,6,8,12H2,1-4H3. The second-order valence-corrected chi connectivity index (χ2v) is 10.9. The van der Waals surface area contributed by atoms with Crippen LogP contribution in [0.2, 0.25) is 0 Å². The van der Waals surface area contributed by atoms with Gasteiger partial charge in [-0.05, 0) is 68.0 Å². The Hall–Kier alpha value is -3.46. The first-order valence-corrected chi connectivity index (χ1v) is 13.1. The number of benzene rings is 2. The number of hydrogen-bond donors (Lipinski definition) is 0. The fraction of sp³-hybridized carbons (Fsp3) is 0.393. The van der Waals surface area contributed by atoms with Crippen molar-refractivity contribution in [2.75, 3.05) is 19.1 Å². The predicted molar refractivity (Wildman–Crippen MR) is 138 cm³/mol. The number of carbonyl (C=O) groups excluding carboxylic acids is 2. The molecule has 0 N–H and O–H groups in total. The van der Waals surface area contributed by atoms with E-state index in [2.05, 4.69) is 6.07 Å². The van der Waals surface area contributed by atoms with Crippen LogP contribution in [-0.2, 0) is 14.3 Å². The van der Waals surface area contributed by atoms with Gasteiger partial charge < -0.3 is 14.2 Å². The molecule has 0 saturated heterocycles. The largest absolute Gasteiger partial charge is 0.493 e. The van der Waals surface area contributed by atoms with Gasteiger partial charge in [0.25, 0.3) is 5.91 Å². The molecule has 4 atom stereocenters. The van der Waals surface area contributed by atoms with E-state index in [-0.39, 0.29) is 23.5 Å². The zero-order valence-corrected chi connectivity index (χ0v) is 21.9. The Morgan fingerprint density at radius 1 is 1.08 bits per heavy atom. The highest BCUT2D eigenvalue weighted by Gasteiger charge is 2.54. The van der Waals surface area contributed by atoms with Crippen molar-refractivity contribution < 1.29 is 28.2 Å². The molecule has 2 aromatic carbocycles. The molecule has 37 heavy (non-hydrogen) atoms. The number of carbonyl (C=O) groups is 2. The minimum absolute atomic E-state index is 0.0514. The Balaban J connectivity index is 1.53. The maximum absolute atomic E-state index is 14.3. The number of aryl methyl sites for hydroxylation is 2. The number of fused-ring (bicyclic) bond motifs is 2. The van der Waals surface area contributed by atoms with Gasteiger partial charge in [-0.1, -0.05) is 23.5 Å². The normalized spacial score (nSPS) is 25.3. The van der Waals surface area contributed by atoms with Gasteiger partial charge in [-0.15, -0.1) is 0 Å². The van der Waals surface area contributed by atoms with Crippen LogP contribution in [0, 0.1) is 19.8 Å². The molecule has 1 aliphatic carbocycles. The molecule has 0 spiro atoms. The second-order valence-electron chi connectivity index (χ2n) is 9.90. The maximum atomic E-state index is 14.3. The van der Waals surface area contributed by atoms with Crippen LogP contribution >= 0.6 is 11.3 Å². The smallest absolute Gasteiger partial charge is 0.296 e. The third-order valence-electron chi connectivity index (χ3n) is 7.53. The van der Waals surface area contributed by atoms with Crippen molar-refractivity contribution >= 4 is 38.4 Å². The summed E-state index contributed by atoms with van der Waals surface area (Å²) in [6.45, 7) is 4.01. The summed E-state index contributed by atoms with van der Waals surface area (Å²) < 4.78 is 32.4. The summed E-state index contributed by atoms with van der Waals surface area (Å²) in [5.41, 5.74) is 3.85. The van der Waals surface area contributed by atoms with Crippen molar-refractivity contribution in [2.45, 2.75) is 51.4 Å². The van der Waals surface area contributed by atoms with Gasteiger partial charge in [0.15, 0.2) is 28.2 Å². The van der Waals surface area contributed by atoms with Gasteiger partial charge in [-0.3, -0.25) is 14.5 Å². The van der Waals surface area contributed by atoms with Gasteiger partial charge >= 0.3 is 0 Å². The van der Waals surface area contributed by atoms with Crippen LogP contribution < -0.4 is 14.4 Å². The first-order chi connectivity index (χ1) is 17.8. The molecule has 1 aromatic heterocycles. The van der Waals surface area contributed by atoms with Crippen LogP contribution in [0.5, 0.6) is 11.5 Å². The quantitative estimate of drug-likeness (QED) is 0.458. The molecule has 1 saturated carbocycles. The molecule has 2 aliphatic heterocycles. The third-order valence-corrected chi connectivity index (χ3v) is 8.53. The van der Waals surface area contributed by atoms with E-state index in [9.17, 15) is 14.0 Å². The molecule has 6 rings (SSSR count). The lowest BCUT2D eigenvalue weighted by Crippen LogP contribution is -2.42. The van der Waals surface area contributed by atoms with E-state index in [1.54, 1.807) is 24.1 Å². The van der Waals surface area contributed by atoms with Crippen LogP contribution in [0.3, 0.4) is 0 Å². The van der Waals surface area contributed by atoms with Crippen LogP contribution in [0.25, 0.3) is 10.2 Å². The summed E-state index contributed by atoms with van der Waals surface area (Å²) >= 11 is 1.40. The van der Waals surface area contributed by atoms with E-state index in [1.807, 2.05) is 26.0 Å². The number of rotatable bonds is 4. The van der Waals surface area contributed by atoms with Crippen molar-refractivity contribution in [3.63, 3.8) is 0 Å². The lowest BCUT2D eigenvalue weighted by atomic mass is 9.77. The molecular weight excluding hydrogens is 495 g/mol. The number of Topliss-reactive ketones (excluding diaryl/α,β-unsaturated/α-hetero) is 1. The zero-order chi connectivity index (χ0) is 26.0. The fourth-order valence-electron chi connectivity index (χ4n) is 5.81. The molecule has 9 heteroatoms. The predicted octanol–water partition coefficient (Wildman–Crippen LogP) is 5.38. The topological polar surface area (TPSA) is 78.0 Å². The Bertz CT molecular complexity index is 1480. The fourth-order valence-corrected chi connectivity index (χ4v) is 6.98. The highest BCUT2D eigenvalue weighted by atomic mass is 32.1. The highest BCUT2D eigenvalue weighted by Crippen LogP contribution is 2.50. The third kappa shape index (κ3) is 3.70. The van der Waals surface area contributed by atoms with E-state index in [1.165, 1.54) is 18.4 Å². The summed E-state index contributed by atoms with van der Waals surface area (Å²) in [6, 6.07) is 8.63. The lowest BCUT2D eigenvalue weighted by molar-refractivity contribution is -0.133. The average molecular weight is 523 g/mol. The van der Waals surface area contributed by atoms with Crippen LogP contribution in [-0.4, -0.2) is 43.2 Å². The number of thiazole rings is 1. The maximum Gasteiger partial charge on any atom is 0.296 e. The van der Waals surface area contributed by atoms with Gasteiger partial charge in [-0.2, -0.15) is 0 Å². The Morgan fingerprint density at radius 2 is 1.86 bits per heavy atom. The van der Waals surface area contributed by atoms with Crippen molar-refractivity contribution in [1.82, 2.24) is 4.98 Å². The number of ketones is 1. The van der Waals surface area contributed by atoms with Crippen LogP contribution in [0.1, 0.15) is 42.0 Å². The van der Waals surface area contributed by atoms with Gasteiger partial charge in [0.1, 0.15) is 12.3 Å². The molecule has 192 valence electrons. The van der Waals surface area contributed by atoms with Crippen molar-refractivity contribution in [3.05, 3.63) is 58.4 Å². The first kappa shape index (κ1) is 23.9. The number of aromatic nitrogens is 1. The molecule has 0 bridgehead atoms. The van der Waals surface area contributed by atoms with E-state index in [0.29, 0.717) is 35.0 Å². The van der Waals surface area contributed by atoms with Crippen molar-refractivity contribution in [2.24, 2.45) is 5.92 Å². The molecule has 3 heterocycles.